The maximum absolute atomic E-state index is 11.8. The fraction of sp³-hybridized carbons (Fsp3) is 0.583. The number of carboxylic acid groups (broad SMARTS) is 1. The van der Waals surface area contributed by atoms with Crippen molar-refractivity contribution in [2.24, 2.45) is 0 Å². The number of H-pyrrole nitrogens is 1. The second-order valence-corrected chi connectivity index (χ2v) is 4.70. The van der Waals surface area contributed by atoms with E-state index < -0.39 is 18.0 Å². The molecule has 2 heterocycles. The van der Waals surface area contributed by atoms with Crippen LogP contribution in [0.5, 0.6) is 0 Å². The molecule has 8 heteroatoms. The first-order valence-electron chi connectivity index (χ1n) is 6.50. The molecule has 110 valence electrons. The van der Waals surface area contributed by atoms with Gasteiger partial charge < -0.3 is 25.5 Å². The molecule has 1 aromatic rings. The largest absolute Gasteiger partial charge is 0.480 e. The third-order valence-electron chi connectivity index (χ3n) is 3.08. The van der Waals surface area contributed by atoms with Crippen LogP contribution in [0.3, 0.4) is 0 Å². The van der Waals surface area contributed by atoms with Gasteiger partial charge in [0.2, 0.25) is 0 Å². The minimum Gasteiger partial charge on any atom is -0.480 e. The molecule has 0 aliphatic carbocycles. The van der Waals surface area contributed by atoms with Gasteiger partial charge in [0.1, 0.15) is 6.04 Å². The average Bonchev–Trinajstić information content (AvgIpc) is 2.92. The lowest BCUT2D eigenvalue weighted by atomic mass is 10.1. The maximum Gasteiger partial charge on any atom is 0.326 e. The Morgan fingerprint density at radius 2 is 2.45 bits per heavy atom. The van der Waals surface area contributed by atoms with Gasteiger partial charge in [-0.2, -0.15) is 0 Å². The summed E-state index contributed by atoms with van der Waals surface area (Å²) in [7, 11) is 0. The molecule has 1 aliphatic rings. The van der Waals surface area contributed by atoms with Crippen molar-refractivity contribution >= 4 is 12.0 Å². The van der Waals surface area contributed by atoms with Gasteiger partial charge >= 0.3 is 12.0 Å². The normalized spacial score (nSPS) is 20.1. The van der Waals surface area contributed by atoms with Crippen molar-refractivity contribution in [2.45, 2.75) is 31.3 Å². The number of hydrogen-bond donors (Lipinski definition) is 4. The number of urea groups is 1. The molecule has 1 saturated heterocycles. The zero-order valence-electron chi connectivity index (χ0n) is 11.0. The zero-order valence-corrected chi connectivity index (χ0v) is 11.0. The van der Waals surface area contributed by atoms with Crippen LogP contribution >= 0.6 is 0 Å². The molecule has 4 N–H and O–H groups in total. The third-order valence-corrected chi connectivity index (χ3v) is 3.08. The number of ether oxygens (including phenoxy) is 1. The zero-order chi connectivity index (χ0) is 14.4. The average molecular weight is 282 g/mol. The number of aromatic nitrogens is 2. The molecule has 1 aliphatic heterocycles. The van der Waals surface area contributed by atoms with E-state index >= 15 is 0 Å². The number of nitrogens with zero attached hydrogens (tertiary/aromatic N) is 1. The Bertz CT molecular complexity index is 442. The van der Waals surface area contributed by atoms with Gasteiger partial charge in [-0.05, 0) is 12.8 Å². The van der Waals surface area contributed by atoms with Crippen molar-refractivity contribution in [3.8, 4) is 0 Å². The lowest BCUT2D eigenvalue weighted by Crippen LogP contribution is -2.51. The molecule has 20 heavy (non-hydrogen) atoms. The fourth-order valence-electron chi connectivity index (χ4n) is 2.06. The number of aliphatic carboxylic acids is 1. The van der Waals surface area contributed by atoms with Crippen molar-refractivity contribution < 1.29 is 19.4 Å². The Morgan fingerprint density at radius 1 is 1.60 bits per heavy atom. The summed E-state index contributed by atoms with van der Waals surface area (Å²) >= 11 is 0. The van der Waals surface area contributed by atoms with E-state index in [0.717, 1.165) is 12.8 Å². The number of imidazole rings is 1. The van der Waals surface area contributed by atoms with Gasteiger partial charge in [-0.1, -0.05) is 0 Å². The van der Waals surface area contributed by atoms with Gasteiger partial charge in [-0.25, -0.2) is 14.6 Å². The molecule has 2 rings (SSSR count). The summed E-state index contributed by atoms with van der Waals surface area (Å²) in [6, 6.07) is -1.56. The molecule has 0 bridgehead atoms. The molecule has 2 atom stereocenters. The maximum atomic E-state index is 11.8. The second kappa shape index (κ2) is 6.90. The molecule has 2 amide bonds. The first kappa shape index (κ1) is 14.3. The molecular weight excluding hydrogens is 264 g/mol. The summed E-state index contributed by atoms with van der Waals surface area (Å²) in [6.07, 6.45) is 4.88. The molecule has 0 saturated carbocycles. The summed E-state index contributed by atoms with van der Waals surface area (Å²) < 4.78 is 5.25. The number of carbonyl (C=O) groups is 2. The Kier molecular flexibility index (Phi) is 4.94. The third kappa shape index (κ3) is 4.23. The Morgan fingerprint density at radius 3 is 3.05 bits per heavy atom. The van der Waals surface area contributed by atoms with Gasteiger partial charge in [-0.3, -0.25) is 0 Å². The molecule has 0 aromatic carbocycles. The first-order chi connectivity index (χ1) is 9.65. The van der Waals surface area contributed by atoms with Crippen molar-refractivity contribution in [3.63, 3.8) is 0 Å². The first-order valence-corrected chi connectivity index (χ1v) is 6.50. The molecule has 1 aromatic heterocycles. The highest BCUT2D eigenvalue weighted by molar-refractivity contribution is 5.82. The summed E-state index contributed by atoms with van der Waals surface area (Å²) in [5.74, 6) is -1.09. The number of amides is 2. The summed E-state index contributed by atoms with van der Waals surface area (Å²) in [5, 5.41) is 14.3. The Hall–Kier alpha value is -2.09. The lowest BCUT2D eigenvalue weighted by molar-refractivity contribution is -0.139. The van der Waals surface area contributed by atoms with E-state index in [1.54, 1.807) is 0 Å². The van der Waals surface area contributed by atoms with Crippen LogP contribution in [0, 0.1) is 0 Å². The topological polar surface area (TPSA) is 116 Å². The van der Waals surface area contributed by atoms with E-state index in [-0.39, 0.29) is 12.5 Å². The van der Waals surface area contributed by atoms with Crippen LogP contribution in [0.1, 0.15) is 18.5 Å². The summed E-state index contributed by atoms with van der Waals surface area (Å²) in [4.78, 5) is 29.6. The summed E-state index contributed by atoms with van der Waals surface area (Å²) in [6.45, 7) is 1.17. The quantitative estimate of drug-likeness (QED) is 0.601. The van der Waals surface area contributed by atoms with Gasteiger partial charge in [0, 0.05) is 24.9 Å². The minimum absolute atomic E-state index is 0.0645. The Balaban J connectivity index is 1.83. The molecule has 0 radical (unpaired) electrons. The van der Waals surface area contributed by atoms with Crippen LogP contribution in [0.4, 0.5) is 4.79 Å². The number of aromatic amines is 1. The minimum atomic E-state index is -1.09. The number of nitrogens with one attached hydrogen (secondary N) is 3. The van der Waals surface area contributed by atoms with Crippen LogP contribution in [0.15, 0.2) is 12.5 Å². The molecule has 1 fully saturated rings. The predicted octanol–water partition coefficient (Wildman–Crippen LogP) is -0.116. The van der Waals surface area contributed by atoms with E-state index in [9.17, 15) is 9.59 Å². The van der Waals surface area contributed by atoms with Crippen molar-refractivity contribution in [1.82, 2.24) is 20.6 Å². The van der Waals surface area contributed by atoms with Gasteiger partial charge in [-0.15, -0.1) is 0 Å². The van der Waals surface area contributed by atoms with Crippen molar-refractivity contribution in [3.05, 3.63) is 18.2 Å². The number of rotatable bonds is 5. The van der Waals surface area contributed by atoms with Gasteiger partial charge in [0.25, 0.3) is 0 Å². The van der Waals surface area contributed by atoms with Crippen LogP contribution in [-0.4, -0.2) is 52.4 Å². The highest BCUT2D eigenvalue weighted by Gasteiger charge is 2.23. The van der Waals surface area contributed by atoms with E-state index in [1.165, 1.54) is 12.5 Å². The van der Waals surface area contributed by atoms with E-state index in [4.69, 9.17) is 9.84 Å². The number of hydrogen-bond acceptors (Lipinski definition) is 4. The molecule has 0 spiro atoms. The van der Waals surface area contributed by atoms with Crippen LogP contribution in [0.2, 0.25) is 0 Å². The van der Waals surface area contributed by atoms with Gasteiger partial charge in [0.15, 0.2) is 0 Å². The molecular formula is C12H18N4O4. The van der Waals surface area contributed by atoms with Crippen LogP contribution < -0.4 is 10.6 Å². The van der Waals surface area contributed by atoms with E-state index in [1.807, 2.05) is 0 Å². The summed E-state index contributed by atoms with van der Waals surface area (Å²) in [5.41, 5.74) is 0.652. The second-order valence-electron chi connectivity index (χ2n) is 4.70. The highest BCUT2D eigenvalue weighted by atomic mass is 16.5. The standard InChI is InChI=1S/C12H18N4O4/c17-11(18)10(4-9-5-13-7-14-9)16-12(19)15-8-2-1-3-20-6-8/h5,7-8,10H,1-4,6H2,(H,13,14)(H,17,18)(H2,15,16,19). The van der Waals surface area contributed by atoms with Crippen molar-refractivity contribution in [2.75, 3.05) is 13.2 Å². The number of carbonyl (C=O) groups excluding carboxylic acids is 1. The highest BCUT2D eigenvalue weighted by Crippen LogP contribution is 2.05. The SMILES string of the molecule is O=C(NC1CCCOC1)NC(Cc1cnc[nH]1)C(=O)O. The molecule has 2 unspecified atom stereocenters. The van der Waals surface area contributed by atoms with Crippen LogP contribution in [-0.2, 0) is 16.0 Å². The monoisotopic (exact) mass is 282 g/mol. The van der Waals surface area contributed by atoms with E-state index in [2.05, 4.69) is 20.6 Å². The number of carboxylic acids is 1. The van der Waals surface area contributed by atoms with E-state index in [0.29, 0.717) is 18.9 Å². The predicted molar refractivity (Wildman–Crippen MR) is 69.2 cm³/mol. The van der Waals surface area contributed by atoms with Crippen molar-refractivity contribution in [1.29, 1.82) is 0 Å². The fourth-order valence-corrected chi connectivity index (χ4v) is 2.06. The molecule has 8 nitrogen and oxygen atoms in total. The smallest absolute Gasteiger partial charge is 0.326 e. The van der Waals surface area contributed by atoms with Gasteiger partial charge in [0.05, 0.1) is 19.0 Å². The Labute approximate surface area is 115 Å². The lowest BCUT2D eigenvalue weighted by Gasteiger charge is -2.24. The van der Waals surface area contributed by atoms with Crippen LogP contribution in [0.25, 0.3) is 0 Å².